The average Bonchev–Trinajstić information content (AvgIpc) is 2.23. The van der Waals surface area contributed by atoms with E-state index in [1.807, 2.05) is 6.07 Å². The van der Waals surface area contributed by atoms with Crippen molar-refractivity contribution in [1.82, 2.24) is 0 Å². The Hall–Kier alpha value is -0.340. The SMILES string of the molecule is CC1(C)O[C@@H](c2ccccc2)CC[C@@H]1Br. The quantitative estimate of drug-likeness (QED) is 0.698. The van der Waals surface area contributed by atoms with Gasteiger partial charge in [0.15, 0.2) is 0 Å². The van der Waals surface area contributed by atoms with Gasteiger partial charge in [-0.2, -0.15) is 0 Å². The third-order valence-corrected chi connectivity index (χ3v) is 4.61. The summed E-state index contributed by atoms with van der Waals surface area (Å²) in [5.41, 5.74) is 1.23. The number of alkyl halides is 1. The Labute approximate surface area is 100.0 Å². The van der Waals surface area contributed by atoms with Gasteiger partial charge in [0.1, 0.15) is 0 Å². The molecular formula is C13H17BrO. The van der Waals surface area contributed by atoms with Crippen LogP contribution in [0.2, 0.25) is 0 Å². The van der Waals surface area contributed by atoms with Crippen LogP contribution in [0.3, 0.4) is 0 Å². The summed E-state index contributed by atoms with van der Waals surface area (Å²) in [6.07, 6.45) is 2.53. The second kappa shape index (κ2) is 4.26. The van der Waals surface area contributed by atoms with E-state index in [1.165, 1.54) is 12.0 Å². The molecule has 15 heavy (non-hydrogen) atoms. The first kappa shape index (κ1) is 11.2. The Kier molecular flexibility index (Phi) is 3.17. The molecule has 2 heteroatoms. The molecule has 2 rings (SSSR count). The summed E-state index contributed by atoms with van der Waals surface area (Å²) in [4.78, 5) is 0.463. The second-order valence-corrected chi connectivity index (χ2v) is 5.77. The summed E-state index contributed by atoms with van der Waals surface area (Å²) in [6.45, 7) is 4.31. The van der Waals surface area contributed by atoms with Gasteiger partial charge >= 0.3 is 0 Å². The van der Waals surface area contributed by atoms with Crippen molar-refractivity contribution in [2.45, 2.75) is 43.2 Å². The standard InChI is InChI=1S/C13H17BrO/c1-13(2)12(14)9-8-11(15-13)10-6-4-3-5-7-10/h3-7,11-12H,8-9H2,1-2H3/t11-,12+/m1/s1. The number of ether oxygens (including phenoxy) is 1. The molecule has 82 valence electrons. The minimum absolute atomic E-state index is 0.0707. The van der Waals surface area contributed by atoms with Crippen LogP contribution in [0.5, 0.6) is 0 Å². The first-order valence-corrected chi connectivity index (χ1v) is 6.38. The summed E-state index contributed by atoms with van der Waals surface area (Å²) < 4.78 is 6.13. The van der Waals surface area contributed by atoms with Gasteiger partial charge in [0, 0.05) is 4.83 Å². The summed E-state index contributed by atoms with van der Waals surface area (Å²) in [6, 6.07) is 10.5. The van der Waals surface area contributed by atoms with Crippen molar-refractivity contribution in [3.8, 4) is 0 Å². The number of halogens is 1. The van der Waals surface area contributed by atoms with Crippen LogP contribution in [-0.4, -0.2) is 10.4 Å². The summed E-state index contributed by atoms with van der Waals surface area (Å²) in [5.74, 6) is 0. The van der Waals surface area contributed by atoms with Crippen molar-refractivity contribution < 1.29 is 4.74 Å². The molecule has 0 amide bonds. The topological polar surface area (TPSA) is 9.23 Å². The molecule has 1 aliphatic rings. The van der Waals surface area contributed by atoms with E-state index in [4.69, 9.17) is 4.74 Å². The largest absolute Gasteiger partial charge is 0.366 e. The predicted octanol–water partition coefficient (Wildman–Crippen LogP) is 4.08. The fraction of sp³-hybridized carbons (Fsp3) is 0.538. The first-order valence-electron chi connectivity index (χ1n) is 5.46. The van der Waals surface area contributed by atoms with Crippen LogP contribution in [-0.2, 0) is 4.74 Å². The van der Waals surface area contributed by atoms with Gasteiger partial charge in [-0.05, 0) is 32.3 Å². The summed E-state index contributed by atoms with van der Waals surface area (Å²) in [7, 11) is 0. The van der Waals surface area contributed by atoms with Crippen LogP contribution in [0.1, 0.15) is 38.4 Å². The lowest BCUT2D eigenvalue weighted by Gasteiger charge is -2.40. The highest BCUT2D eigenvalue weighted by molar-refractivity contribution is 9.09. The van der Waals surface area contributed by atoms with E-state index in [0.717, 1.165) is 6.42 Å². The molecule has 0 bridgehead atoms. The molecule has 0 N–H and O–H groups in total. The third kappa shape index (κ3) is 2.43. The monoisotopic (exact) mass is 268 g/mol. The molecule has 1 nitrogen and oxygen atoms in total. The van der Waals surface area contributed by atoms with Crippen molar-refractivity contribution in [2.75, 3.05) is 0 Å². The zero-order valence-electron chi connectivity index (χ0n) is 9.24. The van der Waals surface area contributed by atoms with Gasteiger partial charge in [0.05, 0.1) is 11.7 Å². The molecule has 0 spiro atoms. The van der Waals surface area contributed by atoms with E-state index in [1.54, 1.807) is 0 Å². The van der Waals surface area contributed by atoms with Crippen LogP contribution in [0.15, 0.2) is 30.3 Å². The van der Waals surface area contributed by atoms with Crippen molar-refractivity contribution in [3.05, 3.63) is 35.9 Å². The van der Waals surface area contributed by atoms with Gasteiger partial charge in [0.2, 0.25) is 0 Å². The highest BCUT2D eigenvalue weighted by atomic mass is 79.9. The normalized spacial score (nSPS) is 30.1. The molecule has 0 saturated carbocycles. The summed E-state index contributed by atoms with van der Waals surface area (Å²) >= 11 is 3.68. The highest BCUT2D eigenvalue weighted by Crippen LogP contribution is 2.40. The fourth-order valence-electron chi connectivity index (χ4n) is 2.05. The van der Waals surface area contributed by atoms with E-state index in [2.05, 4.69) is 54.0 Å². The first-order chi connectivity index (χ1) is 7.09. The zero-order chi connectivity index (χ0) is 10.9. The number of benzene rings is 1. The molecule has 0 aromatic heterocycles. The maximum absolute atomic E-state index is 6.13. The Bertz CT molecular complexity index is 321. The molecule has 2 atom stereocenters. The molecule has 0 unspecified atom stereocenters. The molecule has 1 aromatic carbocycles. The van der Waals surface area contributed by atoms with E-state index < -0.39 is 0 Å². The average molecular weight is 269 g/mol. The van der Waals surface area contributed by atoms with Crippen molar-refractivity contribution in [3.63, 3.8) is 0 Å². The van der Waals surface area contributed by atoms with Gasteiger partial charge in [-0.3, -0.25) is 0 Å². The minimum atomic E-state index is -0.0707. The van der Waals surface area contributed by atoms with Crippen LogP contribution in [0.4, 0.5) is 0 Å². The van der Waals surface area contributed by atoms with Gasteiger partial charge < -0.3 is 4.74 Å². The number of rotatable bonds is 1. The Morgan fingerprint density at radius 3 is 2.47 bits per heavy atom. The maximum Gasteiger partial charge on any atom is 0.0833 e. The lowest BCUT2D eigenvalue weighted by molar-refractivity contribution is -0.102. The highest BCUT2D eigenvalue weighted by Gasteiger charge is 2.36. The zero-order valence-corrected chi connectivity index (χ0v) is 10.8. The molecule has 1 aromatic rings. The number of hydrogen-bond donors (Lipinski definition) is 0. The van der Waals surface area contributed by atoms with Crippen molar-refractivity contribution in [2.24, 2.45) is 0 Å². The molecule has 1 aliphatic heterocycles. The Morgan fingerprint density at radius 2 is 1.87 bits per heavy atom. The summed E-state index contributed by atoms with van der Waals surface area (Å²) in [5, 5.41) is 0. The Balaban J connectivity index is 2.14. The minimum Gasteiger partial charge on any atom is -0.366 e. The van der Waals surface area contributed by atoms with Crippen molar-refractivity contribution >= 4 is 15.9 Å². The molecule has 1 fully saturated rings. The molecular weight excluding hydrogens is 252 g/mol. The predicted molar refractivity (Wildman–Crippen MR) is 66.3 cm³/mol. The van der Waals surface area contributed by atoms with Crippen LogP contribution in [0.25, 0.3) is 0 Å². The van der Waals surface area contributed by atoms with Gasteiger partial charge in [-0.15, -0.1) is 0 Å². The van der Waals surface area contributed by atoms with Crippen molar-refractivity contribution in [1.29, 1.82) is 0 Å². The molecule has 1 saturated heterocycles. The lowest BCUT2D eigenvalue weighted by Crippen LogP contribution is -2.40. The molecule has 0 radical (unpaired) electrons. The fourth-order valence-corrected chi connectivity index (χ4v) is 2.42. The van der Waals surface area contributed by atoms with Crippen LogP contribution < -0.4 is 0 Å². The van der Waals surface area contributed by atoms with E-state index in [-0.39, 0.29) is 11.7 Å². The molecule has 0 aliphatic carbocycles. The van der Waals surface area contributed by atoms with Gasteiger partial charge in [0.25, 0.3) is 0 Å². The van der Waals surface area contributed by atoms with Crippen LogP contribution in [0, 0.1) is 0 Å². The van der Waals surface area contributed by atoms with E-state index in [9.17, 15) is 0 Å². The number of hydrogen-bond acceptors (Lipinski definition) is 1. The van der Waals surface area contributed by atoms with E-state index >= 15 is 0 Å². The Morgan fingerprint density at radius 1 is 1.20 bits per heavy atom. The maximum atomic E-state index is 6.13. The molecule has 1 heterocycles. The second-order valence-electron chi connectivity index (χ2n) is 4.67. The van der Waals surface area contributed by atoms with Gasteiger partial charge in [-0.1, -0.05) is 46.3 Å². The lowest BCUT2D eigenvalue weighted by atomic mass is 9.92. The third-order valence-electron chi connectivity index (χ3n) is 3.05. The van der Waals surface area contributed by atoms with Crippen LogP contribution >= 0.6 is 15.9 Å². The van der Waals surface area contributed by atoms with E-state index in [0.29, 0.717) is 4.83 Å². The smallest absolute Gasteiger partial charge is 0.0833 e. The van der Waals surface area contributed by atoms with Gasteiger partial charge in [-0.25, -0.2) is 0 Å².